The lowest BCUT2D eigenvalue weighted by molar-refractivity contribution is -0.137. The Morgan fingerprint density at radius 3 is 2.56 bits per heavy atom. The molecule has 0 spiro atoms. The molecule has 0 aliphatic carbocycles. The maximum absolute atomic E-state index is 13.6. The Labute approximate surface area is 220 Å². The number of nitrogens with zero attached hydrogens (tertiary/aromatic N) is 3. The number of hydrogen-bond acceptors (Lipinski definition) is 4. The second kappa shape index (κ2) is 9.95. The van der Waals surface area contributed by atoms with E-state index in [0.29, 0.717) is 22.5 Å². The van der Waals surface area contributed by atoms with Gasteiger partial charge in [0.2, 0.25) is 5.56 Å². The van der Waals surface area contributed by atoms with Crippen LogP contribution >= 0.6 is 0 Å². The number of rotatable bonds is 3. The van der Waals surface area contributed by atoms with Crippen LogP contribution in [0.4, 0.5) is 18.9 Å². The van der Waals surface area contributed by atoms with E-state index in [4.69, 9.17) is 0 Å². The molecule has 2 aromatic carbocycles. The van der Waals surface area contributed by atoms with Crippen molar-refractivity contribution in [2.24, 2.45) is 0 Å². The molecule has 0 atom stereocenters. The minimum absolute atomic E-state index is 0.00957. The van der Waals surface area contributed by atoms with Crippen molar-refractivity contribution in [3.63, 3.8) is 0 Å². The Morgan fingerprint density at radius 2 is 1.82 bits per heavy atom. The summed E-state index contributed by atoms with van der Waals surface area (Å²) < 4.78 is 42.2. The summed E-state index contributed by atoms with van der Waals surface area (Å²) >= 11 is 0. The van der Waals surface area contributed by atoms with Crippen LogP contribution in [0.1, 0.15) is 38.3 Å². The first-order valence-electron chi connectivity index (χ1n) is 11.7. The predicted molar refractivity (Wildman–Crippen MR) is 141 cm³/mol. The number of aromatic amines is 1. The number of nitrogens with one attached hydrogen (secondary N) is 2. The van der Waals surface area contributed by atoms with Gasteiger partial charge in [-0.05, 0) is 61.9 Å². The zero-order chi connectivity index (χ0) is 27.7. The number of pyridine rings is 2. The predicted octanol–water partition coefficient (Wildman–Crippen LogP) is 5.40. The number of benzene rings is 2. The quantitative estimate of drug-likeness (QED) is 0.308. The van der Waals surface area contributed by atoms with Gasteiger partial charge in [-0.25, -0.2) is 9.97 Å². The first kappa shape index (κ1) is 25.5. The highest BCUT2D eigenvalue weighted by atomic mass is 19.4. The molecule has 10 heteroatoms. The van der Waals surface area contributed by atoms with Crippen molar-refractivity contribution >= 4 is 22.6 Å². The Kier molecular flexibility index (Phi) is 6.50. The first-order chi connectivity index (χ1) is 18.5. The molecule has 0 aliphatic heterocycles. The van der Waals surface area contributed by atoms with Gasteiger partial charge in [-0.15, -0.1) is 0 Å². The van der Waals surface area contributed by atoms with Gasteiger partial charge < -0.3 is 14.9 Å². The topological polar surface area (TPSA) is 92.7 Å². The average molecular weight is 528 g/mol. The summed E-state index contributed by atoms with van der Waals surface area (Å²) in [6, 6.07) is 13.0. The van der Waals surface area contributed by atoms with Gasteiger partial charge in [0.1, 0.15) is 5.65 Å². The molecule has 0 unspecified atom stereocenters. The Hall–Kier alpha value is -5.17. The SMILES string of the molecule is Cc1cn(-c2cc(NC(=O)c3ccc(C)c(C#Cc4cnc5[nH]c(=O)ccc5c4)c3)cc(C(F)(F)F)c2)cn1. The zero-order valence-corrected chi connectivity index (χ0v) is 20.7. The summed E-state index contributed by atoms with van der Waals surface area (Å²) in [6.45, 7) is 3.56. The first-order valence-corrected chi connectivity index (χ1v) is 11.7. The van der Waals surface area contributed by atoms with Gasteiger partial charge in [0, 0.05) is 51.9 Å². The molecule has 194 valence electrons. The van der Waals surface area contributed by atoms with E-state index < -0.39 is 17.6 Å². The molecule has 3 aromatic heterocycles. The molecule has 0 saturated heterocycles. The highest BCUT2D eigenvalue weighted by Gasteiger charge is 2.31. The molecular formula is C29H20F3N5O2. The summed E-state index contributed by atoms with van der Waals surface area (Å²) in [7, 11) is 0. The van der Waals surface area contributed by atoms with Crippen LogP contribution < -0.4 is 10.9 Å². The minimum Gasteiger partial charge on any atom is -0.322 e. The Bertz CT molecular complexity index is 1860. The highest BCUT2D eigenvalue weighted by molar-refractivity contribution is 6.04. The third-order valence-corrected chi connectivity index (χ3v) is 5.93. The van der Waals surface area contributed by atoms with Crippen LogP contribution in [0.3, 0.4) is 0 Å². The molecule has 5 aromatic rings. The molecule has 0 saturated carbocycles. The number of anilines is 1. The monoisotopic (exact) mass is 527 g/mol. The van der Waals surface area contributed by atoms with E-state index in [1.807, 2.05) is 6.92 Å². The van der Waals surface area contributed by atoms with Crippen LogP contribution in [0.25, 0.3) is 16.7 Å². The molecular weight excluding hydrogens is 507 g/mol. The second-order valence-electron chi connectivity index (χ2n) is 8.91. The molecule has 3 heterocycles. The van der Waals surface area contributed by atoms with Crippen molar-refractivity contribution in [1.82, 2.24) is 19.5 Å². The van der Waals surface area contributed by atoms with Crippen LogP contribution in [-0.4, -0.2) is 25.4 Å². The molecule has 0 aliphatic rings. The number of hydrogen-bond donors (Lipinski definition) is 2. The van der Waals surface area contributed by atoms with Gasteiger partial charge in [0.15, 0.2) is 0 Å². The molecule has 7 nitrogen and oxygen atoms in total. The number of imidazole rings is 1. The van der Waals surface area contributed by atoms with E-state index in [-0.39, 0.29) is 22.5 Å². The van der Waals surface area contributed by atoms with E-state index in [1.165, 1.54) is 29.2 Å². The van der Waals surface area contributed by atoms with Crippen LogP contribution in [0.15, 0.2) is 78.1 Å². The van der Waals surface area contributed by atoms with Crippen LogP contribution in [0.5, 0.6) is 0 Å². The largest absolute Gasteiger partial charge is 0.416 e. The van der Waals surface area contributed by atoms with Crippen LogP contribution in [0.2, 0.25) is 0 Å². The summed E-state index contributed by atoms with van der Waals surface area (Å²) in [4.78, 5) is 35.4. The second-order valence-corrected chi connectivity index (χ2v) is 8.91. The van der Waals surface area contributed by atoms with Gasteiger partial charge in [0.25, 0.3) is 5.91 Å². The van der Waals surface area contributed by atoms with Crippen molar-refractivity contribution in [3.05, 3.63) is 117 Å². The van der Waals surface area contributed by atoms with Crippen molar-refractivity contribution in [1.29, 1.82) is 0 Å². The van der Waals surface area contributed by atoms with Gasteiger partial charge in [-0.3, -0.25) is 9.59 Å². The van der Waals surface area contributed by atoms with Crippen LogP contribution in [-0.2, 0) is 6.18 Å². The molecule has 0 radical (unpaired) electrons. The number of carbonyl (C=O) groups excluding carboxylic acids is 1. The normalized spacial score (nSPS) is 11.2. The number of aromatic nitrogens is 4. The van der Waals surface area contributed by atoms with Crippen molar-refractivity contribution < 1.29 is 18.0 Å². The molecule has 0 fully saturated rings. The summed E-state index contributed by atoms with van der Waals surface area (Å²) in [5.74, 6) is 5.45. The molecule has 39 heavy (non-hydrogen) atoms. The van der Waals surface area contributed by atoms with Gasteiger partial charge in [-0.1, -0.05) is 17.9 Å². The minimum atomic E-state index is -4.61. The maximum atomic E-state index is 13.6. The fraction of sp³-hybridized carbons (Fsp3) is 0.103. The van der Waals surface area contributed by atoms with Crippen molar-refractivity contribution in [3.8, 4) is 17.5 Å². The van der Waals surface area contributed by atoms with Gasteiger partial charge >= 0.3 is 6.18 Å². The van der Waals surface area contributed by atoms with E-state index in [1.54, 1.807) is 43.5 Å². The molecule has 2 N–H and O–H groups in total. The highest BCUT2D eigenvalue weighted by Crippen LogP contribution is 2.33. The molecule has 5 rings (SSSR count). The Morgan fingerprint density at radius 1 is 1.00 bits per heavy atom. The van der Waals surface area contributed by atoms with Gasteiger partial charge in [0.05, 0.1) is 17.6 Å². The number of aryl methyl sites for hydroxylation is 2. The molecule has 1 amide bonds. The maximum Gasteiger partial charge on any atom is 0.416 e. The smallest absolute Gasteiger partial charge is 0.322 e. The van der Waals surface area contributed by atoms with Crippen molar-refractivity contribution in [2.75, 3.05) is 5.32 Å². The van der Waals surface area contributed by atoms with E-state index in [2.05, 4.69) is 32.1 Å². The van der Waals surface area contributed by atoms with Crippen molar-refractivity contribution in [2.45, 2.75) is 20.0 Å². The third-order valence-electron chi connectivity index (χ3n) is 5.93. The lowest BCUT2D eigenvalue weighted by Crippen LogP contribution is -2.14. The number of carbonyl (C=O) groups is 1. The average Bonchev–Trinajstić information content (AvgIpc) is 3.33. The zero-order valence-electron chi connectivity index (χ0n) is 20.7. The fourth-order valence-electron chi connectivity index (χ4n) is 3.90. The lowest BCUT2D eigenvalue weighted by atomic mass is 10.0. The number of halogens is 3. The summed E-state index contributed by atoms with van der Waals surface area (Å²) in [5, 5.41) is 3.29. The fourth-order valence-corrected chi connectivity index (χ4v) is 3.90. The van der Waals surface area contributed by atoms with E-state index >= 15 is 0 Å². The number of fused-ring (bicyclic) bond motifs is 1. The van der Waals surface area contributed by atoms with Gasteiger partial charge in [-0.2, -0.15) is 13.2 Å². The standard InChI is InChI=1S/C29H20F3N5O2/c1-17-3-5-22(10-20(17)6-4-19-9-21-7-8-26(38)36-27(21)33-14-19)28(39)35-24-11-23(29(30,31)32)12-25(13-24)37-15-18(2)34-16-37/h3,5,7-16H,1-2H3,(H,35,39)(H,33,36,38). The molecule has 0 bridgehead atoms. The number of amides is 1. The van der Waals surface area contributed by atoms with Crippen LogP contribution in [0, 0.1) is 25.7 Å². The summed E-state index contributed by atoms with van der Waals surface area (Å²) in [5.41, 5.74) is 2.37. The van der Waals surface area contributed by atoms with E-state index in [9.17, 15) is 22.8 Å². The summed E-state index contributed by atoms with van der Waals surface area (Å²) in [6.07, 6.45) is -0.0725. The van der Waals surface area contributed by atoms with E-state index in [0.717, 1.165) is 23.1 Å². The third kappa shape index (κ3) is 5.72. The Balaban J connectivity index is 1.43. The number of alkyl halides is 3. The lowest BCUT2D eigenvalue weighted by Gasteiger charge is -2.14. The number of H-pyrrole nitrogens is 1.